The van der Waals surface area contributed by atoms with Crippen molar-refractivity contribution in [1.82, 2.24) is 5.32 Å². The zero-order valence-electron chi connectivity index (χ0n) is 12.0. The topological polar surface area (TPSA) is 49.4 Å². The number of halogens is 2. The summed E-state index contributed by atoms with van der Waals surface area (Å²) in [5.41, 5.74) is 0.640. The summed E-state index contributed by atoms with van der Waals surface area (Å²) in [6.07, 6.45) is 1.10. The molecule has 2 rings (SSSR count). The molecular weight excluding hydrogens is 356 g/mol. The number of carbonyl (C=O) groups excluding carboxylic acids is 2. The van der Waals surface area contributed by atoms with Crippen LogP contribution < -0.4 is 10.2 Å². The molecule has 4 nitrogen and oxygen atoms in total. The highest BCUT2D eigenvalue weighted by Gasteiger charge is 2.34. The fourth-order valence-electron chi connectivity index (χ4n) is 2.35. The Bertz CT molecular complexity index is 565. The van der Waals surface area contributed by atoms with Crippen molar-refractivity contribution >= 4 is 45.0 Å². The van der Waals surface area contributed by atoms with E-state index in [-0.39, 0.29) is 24.2 Å². The highest BCUT2D eigenvalue weighted by molar-refractivity contribution is 9.10. The lowest BCUT2D eigenvalue weighted by Gasteiger charge is -2.27. The van der Waals surface area contributed by atoms with Gasteiger partial charge in [0.15, 0.2) is 0 Å². The summed E-state index contributed by atoms with van der Waals surface area (Å²) >= 11 is 9.62. The average molecular weight is 374 g/mol. The highest BCUT2D eigenvalue weighted by Crippen LogP contribution is 2.31. The van der Waals surface area contributed by atoms with E-state index in [4.69, 9.17) is 11.6 Å². The zero-order chi connectivity index (χ0) is 15.6. The molecule has 1 saturated heterocycles. The minimum atomic E-state index is -0.500. The first-order chi connectivity index (χ1) is 9.93. The molecule has 1 aromatic rings. The second-order valence-corrected chi connectivity index (χ2v) is 6.59. The molecule has 1 aromatic carbocycles. The molecule has 2 atom stereocenters. The molecule has 0 bridgehead atoms. The zero-order valence-corrected chi connectivity index (χ0v) is 14.4. The quantitative estimate of drug-likeness (QED) is 0.883. The van der Waals surface area contributed by atoms with Gasteiger partial charge in [-0.1, -0.05) is 47.8 Å². The van der Waals surface area contributed by atoms with Gasteiger partial charge in [-0.2, -0.15) is 0 Å². The predicted molar refractivity (Wildman–Crippen MR) is 87.5 cm³/mol. The Hall–Kier alpha value is -1.07. The Morgan fingerprint density at radius 3 is 2.86 bits per heavy atom. The van der Waals surface area contributed by atoms with Crippen LogP contribution in [0.5, 0.6) is 0 Å². The third-order valence-electron chi connectivity index (χ3n) is 3.82. The number of carbonyl (C=O) groups is 2. The lowest BCUT2D eigenvalue weighted by atomic mass is 9.98. The normalized spacial score (nSPS) is 21.0. The van der Waals surface area contributed by atoms with E-state index in [0.29, 0.717) is 17.3 Å². The maximum Gasteiger partial charge on any atom is 0.249 e. The molecule has 0 aliphatic carbocycles. The first-order valence-corrected chi connectivity index (χ1v) is 8.17. The van der Waals surface area contributed by atoms with Crippen LogP contribution in [0.2, 0.25) is 5.02 Å². The van der Waals surface area contributed by atoms with Gasteiger partial charge in [0.05, 0.1) is 10.7 Å². The second kappa shape index (κ2) is 6.79. The van der Waals surface area contributed by atoms with E-state index in [2.05, 4.69) is 21.2 Å². The monoisotopic (exact) mass is 372 g/mol. The summed E-state index contributed by atoms with van der Waals surface area (Å²) in [5, 5.41) is 3.33. The summed E-state index contributed by atoms with van der Waals surface area (Å²) < 4.78 is 0.846. The summed E-state index contributed by atoms with van der Waals surface area (Å²) in [7, 11) is 0. The van der Waals surface area contributed by atoms with Crippen molar-refractivity contribution in [3.8, 4) is 0 Å². The lowest BCUT2D eigenvalue weighted by molar-refractivity contribution is -0.126. The minimum Gasteiger partial charge on any atom is -0.344 e. The smallest absolute Gasteiger partial charge is 0.249 e. The third kappa shape index (κ3) is 3.58. The van der Waals surface area contributed by atoms with E-state index in [1.165, 1.54) is 0 Å². The fourth-order valence-corrected chi connectivity index (χ4v) is 2.92. The van der Waals surface area contributed by atoms with Gasteiger partial charge in [-0.3, -0.25) is 9.59 Å². The Morgan fingerprint density at radius 1 is 1.48 bits per heavy atom. The fraction of sp³-hybridized carbons (Fsp3) is 0.467. The molecule has 0 aromatic heterocycles. The number of nitrogens with zero attached hydrogens (tertiary/aromatic N) is 1. The van der Waals surface area contributed by atoms with Gasteiger partial charge in [-0.05, 0) is 24.1 Å². The Labute approximate surface area is 138 Å². The molecule has 0 spiro atoms. The van der Waals surface area contributed by atoms with E-state index in [0.717, 1.165) is 10.9 Å². The van der Waals surface area contributed by atoms with Gasteiger partial charge in [0.2, 0.25) is 11.8 Å². The van der Waals surface area contributed by atoms with Crippen molar-refractivity contribution in [2.45, 2.75) is 32.7 Å². The first kappa shape index (κ1) is 16.3. The van der Waals surface area contributed by atoms with Gasteiger partial charge in [0.25, 0.3) is 0 Å². The third-order valence-corrected chi connectivity index (χ3v) is 4.64. The van der Waals surface area contributed by atoms with Crippen LogP contribution in [0.25, 0.3) is 0 Å². The van der Waals surface area contributed by atoms with Crippen molar-refractivity contribution < 1.29 is 9.59 Å². The number of amides is 2. The van der Waals surface area contributed by atoms with Gasteiger partial charge in [0, 0.05) is 17.4 Å². The summed E-state index contributed by atoms with van der Waals surface area (Å²) in [5.74, 6) is -0.120. The number of hydrogen-bond acceptors (Lipinski definition) is 2. The molecule has 0 radical (unpaired) electrons. The van der Waals surface area contributed by atoms with Gasteiger partial charge in [-0.15, -0.1) is 0 Å². The van der Waals surface area contributed by atoms with Crippen LogP contribution in [-0.2, 0) is 9.59 Å². The number of hydrogen-bond donors (Lipinski definition) is 1. The Morgan fingerprint density at radius 2 is 2.19 bits per heavy atom. The number of nitrogens with one attached hydrogen (secondary N) is 1. The van der Waals surface area contributed by atoms with Crippen LogP contribution in [-0.4, -0.2) is 24.4 Å². The molecule has 1 heterocycles. The van der Waals surface area contributed by atoms with Crippen molar-refractivity contribution in [1.29, 1.82) is 0 Å². The molecule has 2 amide bonds. The highest BCUT2D eigenvalue weighted by atomic mass is 79.9. The lowest BCUT2D eigenvalue weighted by Crippen LogP contribution is -2.48. The van der Waals surface area contributed by atoms with Crippen molar-refractivity contribution in [3.63, 3.8) is 0 Å². The first-order valence-electron chi connectivity index (χ1n) is 6.99. The summed E-state index contributed by atoms with van der Waals surface area (Å²) in [4.78, 5) is 26.3. The van der Waals surface area contributed by atoms with E-state index in [9.17, 15) is 9.59 Å². The predicted octanol–water partition coefficient (Wildman–Crippen LogP) is 3.37. The molecule has 1 fully saturated rings. The van der Waals surface area contributed by atoms with Gasteiger partial charge < -0.3 is 10.2 Å². The Balaban J connectivity index is 2.39. The molecule has 1 N–H and O–H groups in total. The SMILES string of the molecule is CCC(C)C1NC(=O)CCN(c2cc(Br)ccc2Cl)C1=O. The molecule has 0 saturated carbocycles. The Kier molecular flexibility index (Phi) is 5.27. The van der Waals surface area contributed by atoms with Crippen LogP contribution in [0.4, 0.5) is 5.69 Å². The van der Waals surface area contributed by atoms with Crippen LogP contribution >= 0.6 is 27.5 Å². The summed E-state index contributed by atoms with van der Waals surface area (Å²) in [6.45, 7) is 4.31. The second-order valence-electron chi connectivity index (χ2n) is 5.27. The summed E-state index contributed by atoms with van der Waals surface area (Å²) in [6, 6.07) is 4.88. The van der Waals surface area contributed by atoms with E-state index in [1.807, 2.05) is 26.0 Å². The molecule has 6 heteroatoms. The maximum atomic E-state index is 12.8. The molecule has 114 valence electrons. The largest absolute Gasteiger partial charge is 0.344 e. The van der Waals surface area contributed by atoms with Gasteiger partial charge in [-0.25, -0.2) is 0 Å². The van der Waals surface area contributed by atoms with Crippen LogP contribution in [0.15, 0.2) is 22.7 Å². The van der Waals surface area contributed by atoms with E-state index < -0.39 is 6.04 Å². The molecule has 2 unspecified atom stereocenters. The van der Waals surface area contributed by atoms with Crippen LogP contribution in [0, 0.1) is 5.92 Å². The van der Waals surface area contributed by atoms with Crippen molar-refractivity contribution in [3.05, 3.63) is 27.7 Å². The van der Waals surface area contributed by atoms with Crippen molar-refractivity contribution in [2.75, 3.05) is 11.4 Å². The standard InChI is InChI=1S/C15H18BrClN2O2/c1-3-9(2)14-15(21)19(7-6-13(20)18-14)12-8-10(16)4-5-11(12)17/h4-5,8-9,14H,3,6-7H2,1-2H3,(H,18,20). The van der Waals surface area contributed by atoms with E-state index in [1.54, 1.807) is 11.0 Å². The van der Waals surface area contributed by atoms with Crippen molar-refractivity contribution in [2.24, 2.45) is 5.92 Å². The average Bonchev–Trinajstić information content (AvgIpc) is 2.60. The van der Waals surface area contributed by atoms with Crippen LogP contribution in [0.1, 0.15) is 26.7 Å². The molecule has 21 heavy (non-hydrogen) atoms. The molecular formula is C15H18BrClN2O2. The van der Waals surface area contributed by atoms with Gasteiger partial charge >= 0.3 is 0 Å². The van der Waals surface area contributed by atoms with Crippen LogP contribution in [0.3, 0.4) is 0 Å². The minimum absolute atomic E-state index is 0.0768. The molecule has 1 aliphatic rings. The number of benzene rings is 1. The maximum absolute atomic E-state index is 12.8. The van der Waals surface area contributed by atoms with Gasteiger partial charge in [0.1, 0.15) is 6.04 Å². The molecule has 1 aliphatic heterocycles. The number of rotatable bonds is 3. The van der Waals surface area contributed by atoms with E-state index >= 15 is 0 Å². The number of anilines is 1.